The van der Waals surface area contributed by atoms with Gasteiger partial charge in [-0.1, -0.05) is 25.2 Å². The zero-order valence-corrected chi connectivity index (χ0v) is 16.1. The molecule has 3 nitrogen and oxygen atoms in total. The van der Waals surface area contributed by atoms with E-state index < -0.39 is 0 Å². The molecule has 1 heterocycles. The number of aryl methyl sites for hydroxylation is 1. The van der Waals surface area contributed by atoms with E-state index >= 15 is 0 Å². The number of hydrogen-bond donors (Lipinski definition) is 0. The predicted molar refractivity (Wildman–Crippen MR) is 78.3 cm³/mol. The smallest absolute Gasteiger partial charge is 0.225 e. The topological polar surface area (TPSA) is 33.2 Å². The van der Waals surface area contributed by atoms with Crippen LogP contribution in [0.15, 0.2) is 12.3 Å². The van der Waals surface area contributed by atoms with Crippen LogP contribution in [0.2, 0.25) is 0 Å². The largest absolute Gasteiger partial charge is 0.387 e. The number of pyridine rings is 1. The fraction of sp³-hybridized carbons (Fsp3) is 0.647. The van der Waals surface area contributed by atoms with Crippen molar-refractivity contribution in [1.29, 1.82) is 0 Å². The molecule has 2 saturated carbocycles. The third kappa shape index (κ3) is 3.24. The first kappa shape index (κ1) is 17.1. The molecule has 0 N–H and O–H groups in total. The summed E-state index contributed by atoms with van der Waals surface area (Å²) >= 11 is 0. The van der Waals surface area contributed by atoms with E-state index in [9.17, 15) is 4.79 Å². The molecule has 2 aliphatic rings. The van der Waals surface area contributed by atoms with Crippen molar-refractivity contribution in [2.24, 2.45) is 11.3 Å². The van der Waals surface area contributed by atoms with Gasteiger partial charge in [-0.25, -0.2) is 0 Å². The Balaban J connectivity index is 0.00000161. The van der Waals surface area contributed by atoms with Crippen molar-refractivity contribution in [3.05, 3.63) is 29.6 Å². The Bertz CT molecular complexity index is 498. The Hall–Kier alpha value is -0.276. The number of carbonyl (C=O) groups excluding carboxylic acids is 1. The monoisotopic (exact) mass is 360 g/mol. The Labute approximate surface area is 152 Å². The summed E-state index contributed by atoms with van der Waals surface area (Å²) in [6.07, 6.45) is 7.53. The van der Waals surface area contributed by atoms with Crippen LogP contribution in [0.1, 0.15) is 49.8 Å². The molecule has 1 aromatic rings. The molecule has 1 spiro atoms. The van der Waals surface area contributed by atoms with E-state index in [0.29, 0.717) is 17.2 Å². The Morgan fingerprint density at radius 1 is 1.38 bits per heavy atom. The minimum absolute atomic E-state index is 0. The zero-order chi connectivity index (χ0) is 14.3. The van der Waals surface area contributed by atoms with Crippen LogP contribution in [-0.2, 0) is 43.9 Å². The second-order valence-corrected chi connectivity index (χ2v) is 6.79. The maximum Gasteiger partial charge on any atom is 0.225 e. The molecule has 0 aromatic carbocycles. The van der Waals surface area contributed by atoms with Crippen molar-refractivity contribution in [3.8, 4) is 0 Å². The average molecular weight is 360 g/mol. The molecule has 0 atom stereocenters. The molecule has 111 valence electrons. The minimum atomic E-state index is 0. The minimum Gasteiger partial charge on any atom is -0.387 e. The van der Waals surface area contributed by atoms with Crippen LogP contribution in [-0.4, -0.2) is 29.9 Å². The van der Waals surface area contributed by atoms with E-state index in [1.165, 1.54) is 24.1 Å². The molecule has 1 amide bonds. The van der Waals surface area contributed by atoms with Crippen molar-refractivity contribution >= 4 is 5.91 Å². The summed E-state index contributed by atoms with van der Waals surface area (Å²) in [4.78, 5) is 18.2. The molecule has 4 heteroatoms. The first-order chi connectivity index (χ1) is 9.53. The van der Waals surface area contributed by atoms with E-state index in [1.807, 2.05) is 20.3 Å². The van der Waals surface area contributed by atoms with Crippen LogP contribution in [0.4, 0.5) is 0 Å². The summed E-state index contributed by atoms with van der Waals surface area (Å²) in [6, 6.07) is 5.38. The quantitative estimate of drug-likeness (QED) is 0.777. The third-order valence-electron chi connectivity index (χ3n) is 5.08. The fourth-order valence-electron chi connectivity index (χ4n) is 3.86. The van der Waals surface area contributed by atoms with E-state index in [4.69, 9.17) is 0 Å². The molecular formula is C17H23N2OY-. The fourth-order valence-corrected chi connectivity index (χ4v) is 3.86. The molecule has 0 unspecified atom stereocenters. The predicted octanol–water partition coefficient (Wildman–Crippen LogP) is 2.80. The second kappa shape index (κ2) is 6.46. The van der Waals surface area contributed by atoms with Crippen molar-refractivity contribution in [3.63, 3.8) is 0 Å². The maximum absolute atomic E-state index is 11.9. The van der Waals surface area contributed by atoms with Crippen LogP contribution in [0.3, 0.4) is 0 Å². The van der Waals surface area contributed by atoms with Crippen molar-refractivity contribution < 1.29 is 37.5 Å². The van der Waals surface area contributed by atoms with Gasteiger partial charge in [0.25, 0.3) is 0 Å². The molecule has 0 aliphatic heterocycles. The van der Waals surface area contributed by atoms with Crippen LogP contribution < -0.4 is 0 Å². The second-order valence-electron chi connectivity index (χ2n) is 6.79. The number of hydrogen-bond acceptors (Lipinski definition) is 2. The Morgan fingerprint density at radius 2 is 2.05 bits per heavy atom. The van der Waals surface area contributed by atoms with Gasteiger partial charge in [-0.2, -0.15) is 12.1 Å². The first-order valence-electron chi connectivity index (χ1n) is 7.61. The molecule has 1 radical (unpaired) electrons. The molecular weight excluding hydrogens is 337 g/mol. The van der Waals surface area contributed by atoms with Gasteiger partial charge in [0.2, 0.25) is 5.91 Å². The normalized spacial score (nSPS) is 30.0. The zero-order valence-electron chi connectivity index (χ0n) is 13.2. The molecule has 2 aliphatic carbocycles. The van der Waals surface area contributed by atoms with Crippen LogP contribution in [0.5, 0.6) is 0 Å². The third-order valence-corrected chi connectivity index (χ3v) is 5.08. The summed E-state index contributed by atoms with van der Waals surface area (Å²) in [5.74, 6) is 1.17. The van der Waals surface area contributed by atoms with Gasteiger partial charge in [0, 0.05) is 52.7 Å². The van der Waals surface area contributed by atoms with Gasteiger partial charge < -0.3 is 9.88 Å². The number of nitrogens with zero attached hydrogens (tertiary/aromatic N) is 2. The van der Waals surface area contributed by atoms with Crippen LogP contribution >= 0.6 is 0 Å². The number of rotatable bonds is 3. The van der Waals surface area contributed by atoms with Gasteiger partial charge in [0.05, 0.1) is 0 Å². The summed E-state index contributed by atoms with van der Waals surface area (Å²) in [6.45, 7) is 2.13. The van der Waals surface area contributed by atoms with Gasteiger partial charge in [-0.05, 0) is 37.0 Å². The van der Waals surface area contributed by atoms with Crippen molar-refractivity contribution in [2.45, 2.75) is 44.9 Å². The van der Waals surface area contributed by atoms with E-state index in [-0.39, 0.29) is 38.6 Å². The molecule has 3 rings (SSSR count). The summed E-state index contributed by atoms with van der Waals surface area (Å²) < 4.78 is 0. The SMILES string of the molecule is CCc1[c-]cc(C2CC3(CC(C(=O)N(C)C)C3)C2)nc1.[Y]. The van der Waals surface area contributed by atoms with Crippen LogP contribution in [0, 0.1) is 17.4 Å². The van der Waals surface area contributed by atoms with Gasteiger partial charge in [0.15, 0.2) is 0 Å². The van der Waals surface area contributed by atoms with Gasteiger partial charge >= 0.3 is 0 Å². The van der Waals surface area contributed by atoms with Gasteiger partial charge in [0.1, 0.15) is 0 Å². The Kier molecular flexibility index (Phi) is 5.25. The molecule has 21 heavy (non-hydrogen) atoms. The van der Waals surface area contributed by atoms with Gasteiger partial charge in [-0.15, -0.1) is 5.56 Å². The summed E-state index contributed by atoms with van der Waals surface area (Å²) in [5, 5.41) is 0. The Morgan fingerprint density at radius 3 is 2.52 bits per heavy atom. The maximum atomic E-state index is 11.9. The van der Waals surface area contributed by atoms with E-state index in [2.05, 4.69) is 24.0 Å². The molecule has 1 aromatic heterocycles. The van der Waals surface area contributed by atoms with Crippen LogP contribution in [0.25, 0.3) is 0 Å². The van der Waals surface area contributed by atoms with Crippen molar-refractivity contribution in [2.75, 3.05) is 14.1 Å². The average Bonchev–Trinajstić information content (AvgIpc) is 2.35. The summed E-state index contributed by atoms with van der Waals surface area (Å²) in [7, 11) is 3.71. The number of amides is 1. The van der Waals surface area contributed by atoms with E-state index in [1.54, 1.807) is 4.90 Å². The standard InChI is InChI=1S/C17H23N2O.Y/c1-4-12-5-6-15(18-11-12)13-7-17(8-13)9-14(10-17)16(20)19(2)3;/h6,11,13-14H,4,7-10H2,1-3H3;/q-1;. The van der Waals surface area contributed by atoms with Gasteiger partial charge in [-0.3, -0.25) is 4.79 Å². The number of carbonyl (C=O) groups is 1. The van der Waals surface area contributed by atoms with Crippen molar-refractivity contribution in [1.82, 2.24) is 9.88 Å². The summed E-state index contributed by atoms with van der Waals surface area (Å²) in [5.41, 5.74) is 2.82. The molecule has 2 fully saturated rings. The number of aromatic nitrogens is 1. The first-order valence-corrected chi connectivity index (χ1v) is 7.61. The molecule has 0 bridgehead atoms. The molecule has 0 saturated heterocycles. The van der Waals surface area contributed by atoms with E-state index in [0.717, 1.165) is 19.3 Å².